The summed E-state index contributed by atoms with van der Waals surface area (Å²) in [6.45, 7) is 3.01. The number of hydrogen-bond donors (Lipinski definition) is 0. The molecule has 1 saturated carbocycles. The predicted molar refractivity (Wildman–Crippen MR) is 174 cm³/mol. The summed E-state index contributed by atoms with van der Waals surface area (Å²) < 4.78 is 24.1. The molecule has 1 heterocycles. The van der Waals surface area contributed by atoms with Crippen molar-refractivity contribution in [2.24, 2.45) is 11.8 Å². The lowest BCUT2D eigenvalue weighted by molar-refractivity contribution is -0.163. The number of fused-ring (bicyclic) bond motifs is 1. The maximum absolute atomic E-state index is 6.28. The van der Waals surface area contributed by atoms with Crippen LogP contribution in [0.15, 0.2) is 103 Å². The number of rotatable bonds is 12. The van der Waals surface area contributed by atoms with E-state index in [4.69, 9.17) is 18.9 Å². The van der Waals surface area contributed by atoms with Crippen molar-refractivity contribution in [3.8, 4) is 11.5 Å². The standard InChI is InChI=1S/C40H44O4/c1-3-9-29(10-4-1)27-43-36-19-21-38-33(26-36)16-20-37(30-11-5-2-6-12-30)40(38)31-14-17-35(18-15-31)44-28-34-25-32(34)22-24-42-39-13-7-8-23-41-39/h1-6,9-12,14-15,17-19,21,26,32,34,37,39-40H,7-8,13,16,20,22-25,27-28H2/t32?,34?,37-,39?,40+/m1/s1. The van der Waals surface area contributed by atoms with E-state index < -0.39 is 0 Å². The predicted octanol–water partition coefficient (Wildman–Crippen LogP) is 9.08. The second-order valence-corrected chi connectivity index (χ2v) is 12.8. The van der Waals surface area contributed by atoms with Crippen molar-refractivity contribution in [2.45, 2.75) is 69.7 Å². The van der Waals surface area contributed by atoms with Crippen LogP contribution in [0, 0.1) is 11.8 Å². The van der Waals surface area contributed by atoms with Crippen LogP contribution in [0.4, 0.5) is 0 Å². The molecule has 0 spiro atoms. The topological polar surface area (TPSA) is 36.9 Å². The zero-order chi connectivity index (χ0) is 29.6. The maximum atomic E-state index is 6.28. The maximum Gasteiger partial charge on any atom is 0.157 e. The molecule has 0 N–H and O–H groups in total. The molecule has 228 valence electrons. The molecule has 3 unspecified atom stereocenters. The first-order valence-corrected chi connectivity index (χ1v) is 16.6. The molecule has 7 rings (SSSR count). The van der Waals surface area contributed by atoms with E-state index in [2.05, 4.69) is 97.1 Å². The van der Waals surface area contributed by atoms with E-state index in [9.17, 15) is 0 Å². The Hall–Kier alpha value is -3.60. The van der Waals surface area contributed by atoms with E-state index in [1.165, 1.54) is 40.7 Å². The van der Waals surface area contributed by atoms with Crippen molar-refractivity contribution >= 4 is 0 Å². The average molecular weight is 589 g/mol. The molecule has 5 atom stereocenters. The molecule has 4 aromatic carbocycles. The molecule has 1 saturated heterocycles. The summed E-state index contributed by atoms with van der Waals surface area (Å²) in [7, 11) is 0. The first-order chi connectivity index (χ1) is 21.8. The third-order valence-corrected chi connectivity index (χ3v) is 9.76. The van der Waals surface area contributed by atoms with Gasteiger partial charge in [-0.3, -0.25) is 0 Å². The van der Waals surface area contributed by atoms with Crippen molar-refractivity contribution < 1.29 is 18.9 Å². The van der Waals surface area contributed by atoms with Gasteiger partial charge in [0.05, 0.1) is 13.2 Å². The van der Waals surface area contributed by atoms with Crippen molar-refractivity contribution in [1.29, 1.82) is 0 Å². The van der Waals surface area contributed by atoms with Gasteiger partial charge >= 0.3 is 0 Å². The third kappa shape index (κ3) is 7.20. The first-order valence-electron chi connectivity index (χ1n) is 16.6. The Balaban J connectivity index is 0.997. The lowest BCUT2D eigenvalue weighted by Gasteiger charge is -2.35. The van der Waals surface area contributed by atoms with Crippen LogP contribution in [0.5, 0.6) is 11.5 Å². The van der Waals surface area contributed by atoms with Gasteiger partial charge in [0.1, 0.15) is 18.1 Å². The lowest BCUT2D eigenvalue weighted by atomic mass is 9.69. The van der Waals surface area contributed by atoms with Gasteiger partial charge in [0.2, 0.25) is 0 Å². The highest BCUT2D eigenvalue weighted by molar-refractivity contribution is 5.48. The Bertz CT molecular complexity index is 1460. The molecule has 2 aliphatic carbocycles. The molecule has 0 aromatic heterocycles. The van der Waals surface area contributed by atoms with Crippen LogP contribution < -0.4 is 9.47 Å². The number of ether oxygens (including phenoxy) is 4. The van der Waals surface area contributed by atoms with E-state index in [-0.39, 0.29) is 6.29 Å². The average Bonchev–Trinajstić information content (AvgIpc) is 3.85. The van der Waals surface area contributed by atoms with Crippen molar-refractivity contribution in [3.63, 3.8) is 0 Å². The summed E-state index contributed by atoms with van der Waals surface area (Å²) in [4.78, 5) is 0. The number of benzene rings is 4. The fourth-order valence-corrected chi connectivity index (χ4v) is 7.13. The molecule has 1 aliphatic heterocycles. The highest BCUT2D eigenvalue weighted by Gasteiger charge is 2.37. The van der Waals surface area contributed by atoms with E-state index in [0.717, 1.165) is 63.4 Å². The van der Waals surface area contributed by atoms with E-state index in [1.54, 1.807) is 0 Å². The fourth-order valence-electron chi connectivity index (χ4n) is 7.13. The van der Waals surface area contributed by atoms with Gasteiger partial charge in [-0.15, -0.1) is 0 Å². The summed E-state index contributed by atoms with van der Waals surface area (Å²) in [6.07, 6.45) is 7.94. The van der Waals surface area contributed by atoms with Crippen molar-refractivity contribution in [2.75, 3.05) is 19.8 Å². The minimum absolute atomic E-state index is 0.0170. The number of aryl methyl sites for hydroxylation is 1. The largest absolute Gasteiger partial charge is 0.493 e. The monoisotopic (exact) mass is 588 g/mol. The summed E-state index contributed by atoms with van der Waals surface area (Å²) >= 11 is 0. The van der Waals surface area contributed by atoms with Crippen LogP contribution >= 0.6 is 0 Å². The summed E-state index contributed by atoms with van der Waals surface area (Å²) in [6, 6.07) is 37.0. The van der Waals surface area contributed by atoms with Crippen LogP contribution in [0.1, 0.15) is 78.2 Å². The Kier molecular flexibility index (Phi) is 9.27. The van der Waals surface area contributed by atoms with Gasteiger partial charge < -0.3 is 18.9 Å². The second-order valence-electron chi connectivity index (χ2n) is 12.8. The lowest BCUT2D eigenvalue weighted by Crippen LogP contribution is -2.22. The summed E-state index contributed by atoms with van der Waals surface area (Å²) in [5.41, 5.74) is 6.74. The van der Waals surface area contributed by atoms with E-state index in [0.29, 0.717) is 30.3 Å². The number of hydrogen-bond acceptors (Lipinski definition) is 4. The molecule has 4 aromatic rings. The third-order valence-electron chi connectivity index (χ3n) is 9.76. The van der Waals surface area contributed by atoms with Gasteiger partial charge in [-0.05, 0) is 115 Å². The zero-order valence-electron chi connectivity index (χ0n) is 25.6. The SMILES string of the molecule is c1ccc(COc2ccc3c(c2)CC[C@H](c2ccccc2)[C@@H]3c2ccc(OCC3CC3CCOC3CCCCO3)cc2)cc1. The Morgan fingerprint density at radius 2 is 1.50 bits per heavy atom. The van der Waals surface area contributed by atoms with Gasteiger partial charge in [0.25, 0.3) is 0 Å². The molecule has 0 radical (unpaired) electrons. The first kappa shape index (κ1) is 29.1. The second kappa shape index (κ2) is 14.0. The molecule has 44 heavy (non-hydrogen) atoms. The van der Waals surface area contributed by atoms with Crippen LogP contribution in [-0.4, -0.2) is 26.1 Å². The highest BCUT2D eigenvalue weighted by Crippen LogP contribution is 2.47. The molecule has 4 heteroatoms. The summed E-state index contributed by atoms with van der Waals surface area (Å²) in [5, 5.41) is 0. The van der Waals surface area contributed by atoms with Gasteiger partial charge in [-0.2, -0.15) is 0 Å². The quantitative estimate of drug-likeness (QED) is 0.165. The molecular weight excluding hydrogens is 544 g/mol. The normalized spacial score (nSPS) is 24.3. The van der Waals surface area contributed by atoms with Crippen LogP contribution in [0.2, 0.25) is 0 Å². The van der Waals surface area contributed by atoms with Crippen molar-refractivity contribution in [1.82, 2.24) is 0 Å². The van der Waals surface area contributed by atoms with Crippen molar-refractivity contribution in [3.05, 3.63) is 131 Å². The molecule has 0 amide bonds. The Morgan fingerprint density at radius 3 is 2.30 bits per heavy atom. The smallest absolute Gasteiger partial charge is 0.157 e. The van der Waals surface area contributed by atoms with Gasteiger partial charge in [-0.1, -0.05) is 78.9 Å². The minimum atomic E-state index is 0.0170. The zero-order valence-corrected chi connectivity index (χ0v) is 25.6. The summed E-state index contributed by atoms with van der Waals surface area (Å²) in [5.74, 6) is 3.98. The van der Waals surface area contributed by atoms with Gasteiger partial charge in [-0.25, -0.2) is 0 Å². The minimum Gasteiger partial charge on any atom is -0.493 e. The Morgan fingerprint density at radius 1 is 0.705 bits per heavy atom. The van der Waals surface area contributed by atoms with Gasteiger partial charge in [0.15, 0.2) is 6.29 Å². The van der Waals surface area contributed by atoms with E-state index >= 15 is 0 Å². The van der Waals surface area contributed by atoms with Crippen LogP contribution in [0.3, 0.4) is 0 Å². The molecule has 0 bridgehead atoms. The van der Waals surface area contributed by atoms with Crippen LogP contribution in [0.25, 0.3) is 0 Å². The molecule has 2 fully saturated rings. The molecular formula is C40H44O4. The van der Waals surface area contributed by atoms with Crippen LogP contribution in [-0.2, 0) is 22.5 Å². The Labute approximate surface area is 262 Å². The molecule has 3 aliphatic rings. The van der Waals surface area contributed by atoms with E-state index in [1.807, 2.05) is 6.07 Å². The highest BCUT2D eigenvalue weighted by atomic mass is 16.7. The van der Waals surface area contributed by atoms with Gasteiger partial charge in [0, 0.05) is 12.5 Å². The molecule has 4 nitrogen and oxygen atoms in total. The fraction of sp³-hybridized carbons (Fsp3) is 0.400.